The highest BCUT2D eigenvalue weighted by atomic mass is 32.1. The Morgan fingerprint density at radius 1 is 1.45 bits per heavy atom. The summed E-state index contributed by atoms with van der Waals surface area (Å²) in [6, 6.07) is 3.77. The molecule has 1 N–H and O–H groups in total. The molecule has 3 rings (SSSR count). The van der Waals surface area contributed by atoms with E-state index >= 15 is 0 Å². The van der Waals surface area contributed by atoms with E-state index < -0.39 is 5.91 Å². The largest absolute Gasteiger partial charge is 0.344 e. The summed E-state index contributed by atoms with van der Waals surface area (Å²) in [6.07, 6.45) is 0. The lowest BCUT2D eigenvalue weighted by Gasteiger charge is -2.02. The third kappa shape index (κ3) is 2.64. The van der Waals surface area contributed by atoms with Crippen LogP contribution in [0.3, 0.4) is 0 Å². The fourth-order valence-electron chi connectivity index (χ4n) is 2.14. The molecule has 0 aromatic carbocycles. The van der Waals surface area contributed by atoms with Gasteiger partial charge in [-0.2, -0.15) is 10.1 Å². The zero-order valence-electron chi connectivity index (χ0n) is 12.5. The van der Waals surface area contributed by atoms with Crippen LogP contribution in [0.15, 0.2) is 22.0 Å². The van der Waals surface area contributed by atoms with E-state index in [0.29, 0.717) is 12.4 Å². The van der Waals surface area contributed by atoms with Crippen LogP contribution < -0.4 is 5.32 Å². The molecule has 114 valence electrons. The predicted molar refractivity (Wildman–Crippen MR) is 81.5 cm³/mol. The minimum absolute atomic E-state index is 0.0393. The highest BCUT2D eigenvalue weighted by Gasteiger charge is 2.17. The Morgan fingerprint density at radius 2 is 2.27 bits per heavy atom. The highest BCUT2D eigenvalue weighted by Crippen LogP contribution is 2.21. The van der Waals surface area contributed by atoms with Crippen molar-refractivity contribution in [1.29, 1.82) is 0 Å². The third-order valence-corrected chi connectivity index (χ3v) is 4.31. The van der Waals surface area contributed by atoms with Gasteiger partial charge < -0.3 is 9.84 Å². The van der Waals surface area contributed by atoms with Crippen LogP contribution in [0.4, 0.5) is 0 Å². The van der Waals surface area contributed by atoms with E-state index in [9.17, 15) is 4.79 Å². The zero-order valence-corrected chi connectivity index (χ0v) is 13.3. The second-order valence-electron chi connectivity index (χ2n) is 4.86. The van der Waals surface area contributed by atoms with E-state index in [1.807, 2.05) is 38.4 Å². The molecule has 0 fully saturated rings. The molecule has 0 spiro atoms. The minimum Gasteiger partial charge on any atom is -0.344 e. The van der Waals surface area contributed by atoms with Gasteiger partial charge in [-0.1, -0.05) is 11.2 Å². The number of nitrogens with zero attached hydrogens (tertiary/aromatic N) is 4. The average molecular weight is 317 g/mol. The number of amides is 1. The summed E-state index contributed by atoms with van der Waals surface area (Å²) in [5.41, 5.74) is 2.90. The van der Waals surface area contributed by atoms with Crippen molar-refractivity contribution in [1.82, 2.24) is 25.2 Å². The molecule has 0 bridgehead atoms. The molecule has 0 unspecified atom stereocenters. The van der Waals surface area contributed by atoms with Crippen molar-refractivity contribution in [3.05, 3.63) is 40.4 Å². The Balaban J connectivity index is 1.70. The van der Waals surface area contributed by atoms with Gasteiger partial charge in [0.2, 0.25) is 5.82 Å². The fraction of sp³-hybridized carbons (Fsp3) is 0.286. The number of hydrogen-bond acceptors (Lipinski definition) is 6. The first-order valence-electron chi connectivity index (χ1n) is 6.71. The van der Waals surface area contributed by atoms with Gasteiger partial charge in [-0.05, 0) is 25.3 Å². The van der Waals surface area contributed by atoms with E-state index in [1.54, 1.807) is 4.68 Å². The van der Waals surface area contributed by atoms with Crippen LogP contribution in [0.1, 0.15) is 27.6 Å². The Morgan fingerprint density at radius 3 is 2.91 bits per heavy atom. The molecule has 0 saturated carbocycles. The van der Waals surface area contributed by atoms with Gasteiger partial charge in [0.05, 0.1) is 10.6 Å². The van der Waals surface area contributed by atoms with Crippen LogP contribution in [-0.4, -0.2) is 25.8 Å². The van der Waals surface area contributed by atoms with Crippen LogP contribution in [0.25, 0.3) is 10.7 Å². The predicted octanol–water partition coefficient (Wildman–Crippen LogP) is 2.08. The number of hydrogen-bond donors (Lipinski definition) is 1. The van der Waals surface area contributed by atoms with E-state index in [2.05, 4.69) is 20.6 Å². The van der Waals surface area contributed by atoms with Gasteiger partial charge in [-0.15, -0.1) is 11.3 Å². The summed E-state index contributed by atoms with van der Waals surface area (Å²) >= 11 is 1.49. The van der Waals surface area contributed by atoms with E-state index in [1.165, 1.54) is 11.3 Å². The number of aromatic nitrogens is 4. The summed E-state index contributed by atoms with van der Waals surface area (Å²) in [4.78, 5) is 17.1. The van der Waals surface area contributed by atoms with Crippen LogP contribution in [0.5, 0.6) is 0 Å². The van der Waals surface area contributed by atoms with Gasteiger partial charge in [0.15, 0.2) is 0 Å². The van der Waals surface area contributed by atoms with Crippen LogP contribution in [-0.2, 0) is 13.6 Å². The topological polar surface area (TPSA) is 85.8 Å². The van der Waals surface area contributed by atoms with Crippen molar-refractivity contribution >= 4 is 17.2 Å². The first kappa shape index (κ1) is 14.5. The monoisotopic (exact) mass is 317 g/mol. The molecule has 0 aliphatic rings. The lowest BCUT2D eigenvalue weighted by atomic mass is 10.2. The van der Waals surface area contributed by atoms with Crippen molar-refractivity contribution in [2.24, 2.45) is 7.05 Å². The first-order valence-corrected chi connectivity index (χ1v) is 7.59. The van der Waals surface area contributed by atoms with Gasteiger partial charge in [0.1, 0.15) is 0 Å². The minimum atomic E-state index is -0.391. The second kappa shape index (κ2) is 5.72. The SMILES string of the molecule is Cc1nn(C)c(C)c1CNC(=O)c1nc(-c2cccs2)no1. The molecular weight excluding hydrogens is 302 g/mol. The van der Waals surface area contributed by atoms with Gasteiger partial charge in [-0.3, -0.25) is 9.48 Å². The quantitative estimate of drug-likeness (QED) is 0.796. The highest BCUT2D eigenvalue weighted by molar-refractivity contribution is 7.13. The number of rotatable bonds is 4. The molecule has 0 aliphatic heterocycles. The molecule has 0 aliphatic carbocycles. The maximum absolute atomic E-state index is 12.1. The standard InChI is InChI=1S/C14H15N5O2S/c1-8-10(9(2)19(3)17-8)7-15-13(20)14-16-12(18-21-14)11-5-4-6-22-11/h4-6H,7H2,1-3H3,(H,15,20). The molecule has 7 nitrogen and oxygen atoms in total. The Hall–Kier alpha value is -2.48. The molecule has 3 aromatic rings. The summed E-state index contributed by atoms with van der Waals surface area (Å²) in [5.74, 6) is -0.00514. The Labute approximate surface area is 131 Å². The normalized spacial score (nSPS) is 10.9. The van der Waals surface area contributed by atoms with Crippen LogP contribution >= 0.6 is 11.3 Å². The fourth-order valence-corrected chi connectivity index (χ4v) is 2.79. The smallest absolute Gasteiger partial charge is 0.316 e. The molecule has 8 heteroatoms. The van der Waals surface area contributed by atoms with Crippen molar-refractivity contribution < 1.29 is 9.32 Å². The number of aryl methyl sites for hydroxylation is 2. The third-order valence-electron chi connectivity index (χ3n) is 3.45. The molecule has 0 radical (unpaired) electrons. The summed E-state index contributed by atoms with van der Waals surface area (Å²) in [6.45, 7) is 4.25. The van der Waals surface area contributed by atoms with E-state index in [-0.39, 0.29) is 5.89 Å². The van der Waals surface area contributed by atoms with E-state index in [0.717, 1.165) is 21.8 Å². The second-order valence-corrected chi connectivity index (χ2v) is 5.80. The van der Waals surface area contributed by atoms with Crippen LogP contribution in [0, 0.1) is 13.8 Å². The van der Waals surface area contributed by atoms with Crippen molar-refractivity contribution in [3.63, 3.8) is 0 Å². The van der Waals surface area contributed by atoms with E-state index in [4.69, 9.17) is 4.52 Å². The summed E-state index contributed by atoms with van der Waals surface area (Å²) in [5, 5.41) is 12.8. The zero-order chi connectivity index (χ0) is 15.7. The van der Waals surface area contributed by atoms with Gasteiger partial charge in [-0.25, -0.2) is 0 Å². The molecule has 22 heavy (non-hydrogen) atoms. The Kier molecular flexibility index (Phi) is 3.76. The van der Waals surface area contributed by atoms with Crippen LogP contribution in [0.2, 0.25) is 0 Å². The number of carbonyl (C=O) groups excluding carboxylic acids is 1. The first-order chi connectivity index (χ1) is 10.6. The molecule has 3 aromatic heterocycles. The van der Waals surface area contributed by atoms with Gasteiger partial charge in [0.25, 0.3) is 0 Å². The van der Waals surface area contributed by atoms with Crippen molar-refractivity contribution in [2.45, 2.75) is 20.4 Å². The molecule has 0 saturated heterocycles. The molecule has 1 amide bonds. The Bertz CT molecular complexity index is 803. The number of thiophene rings is 1. The number of nitrogens with one attached hydrogen (secondary N) is 1. The maximum atomic E-state index is 12.1. The average Bonchev–Trinajstić information content (AvgIpc) is 3.20. The molecular formula is C14H15N5O2S. The lowest BCUT2D eigenvalue weighted by molar-refractivity contribution is 0.0907. The lowest BCUT2D eigenvalue weighted by Crippen LogP contribution is -2.23. The molecule has 0 atom stereocenters. The maximum Gasteiger partial charge on any atom is 0.316 e. The van der Waals surface area contributed by atoms with Gasteiger partial charge >= 0.3 is 11.8 Å². The van der Waals surface area contributed by atoms with Crippen molar-refractivity contribution in [3.8, 4) is 10.7 Å². The molecule has 3 heterocycles. The summed E-state index contributed by atoms with van der Waals surface area (Å²) in [7, 11) is 1.87. The summed E-state index contributed by atoms with van der Waals surface area (Å²) < 4.78 is 6.81. The van der Waals surface area contributed by atoms with Gasteiger partial charge in [0, 0.05) is 24.8 Å². The van der Waals surface area contributed by atoms with Crippen molar-refractivity contribution in [2.75, 3.05) is 0 Å². The number of carbonyl (C=O) groups is 1.